The van der Waals surface area contributed by atoms with Gasteiger partial charge in [0.05, 0.1) is 20.6 Å². The molecule has 0 unspecified atom stereocenters. The number of rotatable bonds is 1. The van der Waals surface area contributed by atoms with Crippen molar-refractivity contribution in [2.75, 3.05) is 5.32 Å². The Hall–Kier alpha value is -0.980. The van der Waals surface area contributed by atoms with E-state index in [1.54, 1.807) is 24.3 Å². The highest BCUT2D eigenvalue weighted by Crippen LogP contribution is 2.46. The molecule has 0 spiro atoms. The number of benzene rings is 2. The molecule has 0 aliphatic carbocycles. The van der Waals surface area contributed by atoms with E-state index in [0.29, 0.717) is 32.3 Å². The fourth-order valence-corrected chi connectivity index (χ4v) is 3.24. The van der Waals surface area contributed by atoms with Crippen LogP contribution in [0.5, 0.6) is 5.75 Å². The van der Waals surface area contributed by atoms with Crippen molar-refractivity contribution in [3.8, 4) is 5.75 Å². The Morgan fingerprint density at radius 3 is 2.64 bits per heavy atom. The molecule has 0 amide bonds. The van der Waals surface area contributed by atoms with Crippen molar-refractivity contribution in [2.24, 2.45) is 4.99 Å². The quantitative estimate of drug-likeness (QED) is 0.541. The van der Waals surface area contributed by atoms with E-state index in [4.69, 9.17) is 46.4 Å². The Bertz CT molecular complexity index is 797. The second kappa shape index (κ2) is 6.26. The van der Waals surface area contributed by atoms with Gasteiger partial charge < -0.3 is 10.4 Å². The van der Waals surface area contributed by atoms with Crippen molar-refractivity contribution in [3.63, 3.8) is 0 Å². The van der Waals surface area contributed by atoms with Crippen LogP contribution in [-0.2, 0) is 0 Å². The van der Waals surface area contributed by atoms with Crippen LogP contribution in [0.2, 0.25) is 20.1 Å². The fourth-order valence-electron chi connectivity index (χ4n) is 1.78. The van der Waals surface area contributed by atoms with Gasteiger partial charge in [-0.05, 0) is 36.2 Å². The second-order valence-corrected chi connectivity index (χ2v) is 6.76. The average Bonchev–Trinajstić information content (AvgIpc) is 2.49. The first-order chi connectivity index (χ1) is 10.5. The van der Waals surface area contributed by atoms with E-state index >= 15 is 0 Å². The van der Waals surface area contributed by atoms with Crippen LogP contribution in [-0.4, -0.2) is 11.1 Å². The van der Waals surface area contributed by atoms with Gasteiger partial charge in [0.15, 0.2) is 5.75 Å². The summed E-state index contributed by atoms with van der Waals surface area (Å²) in [5.74, 6) is 0.213. The number of hydrogen-bond donors (Lipinski definition) is 3. The van der Waals surface area contributed by atoms with Crippen molar-refractivity contribution in [1.82, 2.24) is 4.72 Å². The average molecular weight is 395 g/mol. The maximum Gasteiger partial charge on any atom is 0.211 e. The summed E-state index contributed by atoms with van der Waals surface area (Å²) >= 11 is 25.1. The molecule has 0 fully saturated rings. The third-order valence-corrected chi connectivity index (χ3v) is 4.96. The summed E-state index contributed by atoms with van der Waals surface area (Å²) in [5, 5.41) is 14.4. The second-order valence-electron chi connectivity index (χ2n) is 4.28. The number of fused-ring (bicyclic) bond motifs is 1. The summed E-state index contributed by atoms with van der Waals surface area (Å²) in [4.78, 5) is 4.95. The Morgan fingerprint density at radius 2 is 1.86 bits per heavy atom. The zero-order chi connectivity index (χ0) is 15.9. The molecule has 1 heterocycles. The molecule has 4 nitrogen and oxygen atoms in total. The number of nitrogens with one attached hydrogen (secondary N) is 2. The molecule has 0 bridgehead atoms. The number of aliphatic imine (C=N–C) groups is 1. The Balaban J connectivity index is 1.98. The number of phenols is 1. The number of hydrogen-bond acceptors (Lipinski definition) is 5. The molecule has 114 valence electrons. The van der Waals surface area contributed by atoms with E-state index in [1.807, 2.05) is 0 Å². The lowest BCUT2D eigenvalue weighted by Crippen LogP contribution is -2.27. The summed E-state index contributed by atoms with van der Waals surface area (Å²) in [6.07, 6.45) is 0. The molecular weight excluding hydrogens is 388 g/mol. The van der Waals surface area contributed by atoms with Gasteiger partial charge >= 0.3 is 0 Å². The van der Waals surface area contributed by atoms with Gasteiger partial charge in [-0.3, -0.25) is 4.72 Å². The van der Waals surface area contributed by atoms with Gasteiger partial charge in [-0.1, -0.05) is 46.4 Å². The minimum Gasteiger partial charge on any atom is -0.504 e. The van der Waals surface area contributed by atoms with Crippen LogP contribution >= 0.6 is 58.4 Å². The number of nitrogens with zero attached hydrogens (tertiary/aromatic N) is 1. The maximum absolute atomic E-state index is 10.1. The van der Waals surface area contributed by atoms with E-state index < -0.39 is 0 Å². The lowest BCUT2D eigenvalue weighted by atomic mass is 10.3. The Labute approximate surface area is 150 Å². The largest absolute Gasteiger partial charge is 0.504 e. The molecule has 0 radical (unpaired) electrons. The number of halogens is 4. The lowest BCUT2D eigenvalue weighted by molar-refractivity contribution is 0.475. The van der Waals surface area contributed by atoms with Gasteiger partial charge in [0, 0.05) is 5.02 Å². The van der Waals surface area contributed by atoms with Crippen LogP contribution in [0.1, 0.15) is 0 Å². The minimum atomic E-state index is -0.172. The van der Waals surface area contributed by atoms with Crippen molar-refractivity contribution in [2.45, 2.75) is 4.90 Å². The molecule has 2 aromatic rings. The smallest absolute Gasteiger partial charge is 0.211 e. The number of aromatic hydroxyl groups is 1. The van der Waals surface area contributed by atoms with Crippen molar-refractivity contribution >= 4 is 75.7 Å². The summed E-state index contributed by atoms with van der Waals surface area (Å²) in [6, 6.07) is 6.65. The fraction of sp³-hybridized carbons (Fsp3) is 0. The molecule has 3 N–H and O–H groups in total. The van der Waals surface area contributed by atoms with Crippen LogP contribution in [0.4, 0.5) is 11.4 Å². The summed E-state index contributed by atoms with van der Waals surface area (Å²) in [6.45, 7) is 0. The van der Waals surface area contributed by atoms with E-state index in [9.17, 15) is 5.11 Å². The highest BCUT2D eigenvalue weighted by atomic mass is 35.5. The third kappa shape index (κ3) is 3.05. The van der Waals surface area contributed by atoms with Gasteiger partial charge in [-0.15, -0.1) is 0 Å². The monoisotopic (exact) mass is 393 g/mol. The van der Waals surface area contributed by atoms with E-state index in [0.717, 1.165) is 0 Å². The van der Waals surface area contributed by atoms with Gasteiger partial charge in [-0.2, -0.15) is 0 Å². The Kier molecular flexibility index (Phi) is 4.52. The molecule has 3 rings (SSSR count). The van der Waals surface area contributed by atoms with Gasteiger partial charge in [-0.25, -0.2) is 4.99 Å². The first-order valence-corrected chi connectivity index (χ1v) is 8.23. The molecular formula is C13H7Cl4N3OS. The Morgan fingerprint density at radius 1 is 1.09 bits per heavy atom. The minimum absolute atomic E-state index is 0.0619. The van der Waals surface area contributed by atoms with Crippen LogP contribution in [0, 0.1) is 0 Å². The van der Waals surface area contributed by atoms with Crippen LogP contribution in [0.3, 0.4) is 0 Å². The summed E-state index contributed by atoms with van der Waals surface area (Å²) in [5.41, 5.74) is 0.919. The number of guanidine groups is 1. The van der Waals surface area contributed by atoms with E-state index in [-0.39, 0.29) is 15.8 Å². The molecule has 0 atom stereocenters. The van der Waals surface area contributed by atoms with Crippen LogP contribution < -0.4 is 10.0 Å². The van der Waals surface area contributed by atoms with Gasteiger partial charge in [0.1, 0.15) is 10.7 Å². The number of phenolic OH excluding ortho intramolecular Hbond substituents is 1. The van der Waals surface area contributed by atoms with Gasteiger partial charge in [0.25, 0.3) is 0 Å². The summed E-state index contributed by atoms with van der Waals surface area (Å²) < 4.78 is 2.99. The SMILES string of the molecule is Oc1c(Cl)c(Cl)cc2c1N=C(Nc1cc(Cl)ccc1Cl)NS2. The highest BCUT2D eigenvalue weighted by molar-refractivity contribution is 7.98. The molecule has 1 aliphatic rings. The predicted molar refractivity (Wildman–Crippen MR) is 94.3 cm³/mol. The molecule has 1 aliphatic heterocycles. The lowest BCUT2D eigenvalue weighted by Gasteiger charge is -2.19. The number of anilines is 1. The molecule has 0 aromatic heterocycles. The van der Waals surface area contributed by atoms with Crippen LogP contribution in [0.25, 0.3) is 0 Å². The standard InChI is InChI=1S/C13H7Cl4N3OS/c14-5-1-2-6(15)8(3-5)18-13-19-11-9(22-20-13)4-7(16)10(17)12(11)21/h1-4,21H,(H2,18,19,20). The zero-order valence-electron chi connectivity index (χ0n) is 10.6. The molecule has 9 heteroatoms. The van der Waals surface area contributed by atoms with Crippen LogP contribution in [0.15, 0.2) is 34.2 Å². The van der Waals surface area contributed by atoms with E-state index in [1.165, 1.54) is 11.9 Å². The van der Waals surface area contributed by atoms with Gasteiger partial charge in [0.2, 0.25) is 5.96 Å². The van der Waals surface area contributed by atoms with Crippen molar-refractivity contribution in [3.05, 3.63) is 44.4 Å². The van der Waals surface area contributed by atoms with Crippen molar-refractivity contribution < 1.29 is 5.11 Å². The maximum atomic E-state index is 10.1. The van der Waals surface area contributed by atoms with Crippen molar-refractivity contribution in [1.29, 1.82) is 0 Å². The summed E-state index contributed by atoms with van der Waals surface area (Å²) in [7, 11) is 0. The zero-order valence-corrected chi connectivity index (χ0v) is 14.5. The molecule has 0 saturated heterocycles. The first kappa shape index (κ1) is 15.9. The molecule has 0 saturated carbocycles. The first-order valence-electron chi connectivity index (χ1n) is 5.90. The molecule has 2 aromatic carbocycles. The molecule has 22 heavy (non-hydrogen) atoms. The third-order valence-electron chi connectivity index (χ3n) is 2.80. The highest BCUT2D eigenvalue weighted by Gasteiger charge is 2.21. The topological polar surface area (TPSA) is 56.7 Å². The normalized spacial score (nSPS) is 13.2. The predicted octanol–water partition coefficient (Wildman–Crippen LogP) is 5.72. The van der Waals surface area contributed by atoms with E-state index in [2.05, 4.69) is 15.0 Å².